The van der Waals surface area contributed by atoms with Gasteiger partial charge in [0.05, 0.1) is 12.9 Å². The number of benzene rings is 1. The summed E-state index contributed by atoms with van der Waals surface area (Å²) in [5.41, 5.74) is 7.84. The van der Waals surface area contributed by atoms with Gasteiger partial charge in [0.25, 0.3) is 0 Å². The highest BCUT2D eigenvalue weighted by atomic mass is 32.4. The lowest BCUT2D eigenvalue weighted by molar-refractivity contribution is -0.172. The molecule has 3 aromatic rings. The predicted octanol–water partition coefficient (Wildman–Crippen LogP) is 3.76. The summed E-state index contributed by atoms with van der Waals surface area (Å²) in [6.45, 7) is 5.10. The third-order valence-corrected chi connectivity index (χ3v) is 9.44. The number of rotatable bonds is 11. The number of aromatic nitrogens is 4. The van der Waals surface area contributed by atoms with Crippen molar-refractivity contribution in [2.24, 2.45) is 5.92 Å². The van der Waals surface area contributed by atoms with Crippen LogP contribution >= 0.6 is 6.42 Å². The molecule has 5 atom stereocenters. The number of nitrogen functional groups attached to an aromatic ring is 1. The maximum Gasteiger partial charge on any atom is 0.323 e. The van der Waals surface area contributed by atoms with Crippen molar-refractivity contribution in [1.29, 1.82) is 0 Å². The first-order chi connectivity index (χ1) is 18.4. The number of nitrogens with one attached hydrogen (secondary N) is 1. The highest BCUT2D eigenvalue weighted by Crippen LogP contribution is 2.51. The molecule has 0 radical (unpaired) electrons. The molecular weight excluding hydrogens is 544 g/mol. The molecule has 3 N–H and O–H groups in total. The van der Waals surface area contributed by atoms with Crippen LogP contribution in [0.5, 0.6) is 0 Å². The minimum atomic E-state index is -2.93. The first kappa shape index (κ1) is 29.3. The summed E-state index contributed by atoms with van der Waals surface area (Å²) in [6, 6.07) is 8.78. The number of ether oxygens (including phenoxy) is 2. The Kier molecular flexibility index (Phi) is 8.87. The van der Waals surface area contributed by atoms with E-state index in [-0.39, 0.29) is 24.9 Å². The van der Waals surface area contributed by atoms with E-state index in [9.17, 15) is 4.79 Å². The number of alkyl halides is 1. The van der Waals surface area contributed by atoms with Gasteiger partial charge in [0.1, 0.15) is 25.3 Å². The molecule has 14 heteroatoms. The average molecular weight is 580 g/mol. The molecule has 1 saturated heterocycles. The Morgan fingerprint density at radius 2 is 2.10 bits per heavy atom. The number of fused-ring (bicyclic) bond motifs is 1. The number of hydrogen-bond donors (Lipinski definition) is 2. The summed E-state index contributed by atoms with van der Waals surface area (Å²) in [5, 5.41) is 3.12. The Bertz CT molecular complexity index is 1360. The van der Waals surface area contributed by atoms with E-state index in [0.29, 0.717) is 23.1 Å². The largest absolute Gasteiger partial charge is 0.465 e. The van der Waals surface area contributed by atoms with Crippen molar-refractivity contribution in [3.8, 4) is 0 Å². The monoisotopic (exact) mass is 579 g/mol. The van der Waals surface area contributed by atoms with Crippen LogP contribution in [-0.4, -0.2) is 64.7 Å². The van der Waals surface area contributed by atoms with Crippen molar-refractivity contribution < 1.29 is 23.2 Å². The number of anilines is 2. The van der Waals surface area contributed by atoms with Gasteiger partial charge in [0.15, 0.2) is 17.0 Å². The molecule has 11 nitrogen and oxygen atoms in total. The van der Waals surface area contributed by atoms with Gasteiger partial charge in [0.2, 0.25) is 11.8 Å². The van der Waals surface area contributed by atoms with Crippen LogP contribution in [0.1, 0.15) is 39.0 Å². The Labute approximate surface area is 232 Å². The van der Waals surface area contributed by atoms with Crippen LogP contribution < -0.4 is 15.7 Å². The van der Waals surface area contributed by atoms with Crippen molar-refractivity contribution in [1.82, 2.24) is 24.6 Å². The lowest BCUT2D eigenvalue weighted by atomic mass is 10.1. The molecule has 4 rings (SSSR count). The summed E-state index contributed by atoms with van der Waals surface area (Å²) >= 11 is 5.90. The van der Waals surface area contributed by atoms with Crippen molar-refractivity contribution in [3.05, 3.63) is 42.2 Å². The first-order valence-electron chi connectivity index (χ1n) is 12.7. The fraction of sp³-hybridized carbons (Fsp3) is 0.520. The van der Waals surface area contributed by atoms with Crippen molar-refractivity contribution in [2.75, 3.05) is 37.9 Å². The summed E-state index contributed by atoms with van der Waals surface area (Å²) < 4.78 is 35.1. The third kappa shape index (κ3) is 6.72. The highest BCUT2D eigenvalue weighted by Gasteiger charge is 2.48. The van der Waals surface area contributed by atoms with E-state index in [4.69, 9.17) is 31.5 Å². The SMILES string of the molecule is CCOC(=O)[C@H](C)NP(=S)(Cc1ccccc1)OC[C@]1(F)C[C@H](C)[C@H](n2cnc3c(N(C)C)nc(N)nc32)O1. The number of halogens is 1. The maximum absolute atomic E-state index is 16.2. The number of nitrogens with two attached hydrogens (primary N) is 1. The third-order valence-electron chi connectivity index (χ3n) is 6.32. The second-order valence-corrected chi connectivity index (χ2v) is 13.8. The van der Waals surface area contributed by atoms with Crippen molar-refractivity contribution in [2.45, 2.75) is 51.5 Å². The number of hydrogen-bond acceptors (Lipinski definition) is 10. The van der Waals surface area contributed by atoms with E-state index in [0.717, 1.165) is 5.56 Å². The zero-order valence-electron chi connectivity index (χ0n) is 22.7. The van der Waals surface area contributed by atoms with Gasteiger partial charge in [-0.2, -0.15) is 9.97 Å². The molecule has 0 spiro atoms. The van der Waals surface area contributed by atoms with E-state index < -0.39 is 37.1 Å². The van der Waals surface area contributed by atoms with E-state index in [1.807, 2.05) is 51.4 Å². The first-order valence-corrected chi connectivity index (χ1v) is 15.6. The van der Waals surface area contributed by atoms with Crippen LogP contribution in [0.25, 0.3) is 11.2 Å². The van der Waals surface area contributed by atoms with E-state index >= 15 is 4.39 Å². The molecule has 1 aliphatic heterocycles. The summed E-state index contributed by atoms with van der Waals surface area (Å²) in [6.07, 6.45) is -1.70. The Morgan fingerprint density at radius 3 is 2.77 bits per heavy atom. The standard InChI is InChI=1S/C25H35FN7O4PS/c1-6-35-23(34)17(3)31-38(39,13-18-10-8-7-9-11-18)36-14-25(26)12-16(2)22(37-25)33-15-28-19-20(32(4)5)29-24(27)30-21(19)33/h7-11,15-17,22H,6,12-14H2,1-5H3,(H,31,39)(H2,27,29,30)/t16-,17-,22+,25-,38?/m0/s1. The van der Waals surface area contributed by atoms with Crippen LogP contribution in [0.4, 0.5) is 16.2 Å². The number of carbonyl (C=O) groups is 1. The van der Waals surface area contributed by atoms with Gasteiger partial charge >= 0.3 is 5.97 Å². The van der Waals surface area contributed by atoms with Crippen LogP contribution in [-0.2, 0) is 36.8 Å². The van der Waals surface area contributed by atoms with Crippen LogP contribution in [0.2, 0.25) is 0 Å². The van der Waals surface area contributed by atoms with Crippen LogP contribution in [0.15, 0.2) is 36.7 Å². The minimum Gasteiger partial charge on any atom is -0.465 e. The van der Waals surface area contributed by atoms with Crippen molar-refractivity contribution in [3.63, 3.8) is 0 Å². The van der Waals surface area contributed by atoms with Gasteiger partial charge in [-0.1, -0.05) is 37.3 Å². The quantitative estimate of drug-likeness (QED) is 0.254. The van der Waals surface area contributed by atoms with Gasteiger partial charge in [0, 0.05) is 32.6 Å². The number of esters is 1. The molecule has 39 heavy (non-hydrogen) atoms. The van der Waals surface area contributed by atoms with Crippen molar-refractivity contribution >= 4 is 47.1 Å². The van der Waals surface area contributed by atoms with Gasteiger partial charge in [-0.15, -0.1) is 0 Å². The number of imidazole rings is 1. The molecule has 1 aromatic carbocycles. The fourth-order valence-electron chi connectivity index (χ4n) is 4.57. The molecule has 212 valence electrons. The molecule has 0 saturated carbocycles. The number of carbonyl (C=O) groups excluding carboxylic acids is 1. The van der Waals surface area contributed by atoms with Gasteiger partial charge in [-0.05, 0) is 31.2 Å². The molecule has 1 fully saturated rings. The summed E-state index contributed by atoms with van der Waals surface area (Å²) in [4.78, 5) is 27.1. The molecule has 0 bridgehead atoms. The Balaban J connectivity index is 1.54. The minimum absolute atomic E-state index is 0.0620. The Morgan fingerprint density at radius 1 is 1.38 bits per heavy atom. The number of nitrogens with zero attached hydrogens (tertiary/aromatic N) is 5. The zero-order valence-corrected chi connectivity index (χ0v) is 24.4. The predicted molar refractivity (Wildman–Crippen MR) is 151 cm³/mol. The smallest absolute Gasteiger partial charge is 0.323 e. The van der Waals surface area contributed by atoms with Gasteiger partial charge in [-0.25, -0.2) is 9.37 Å². The molecule has 1 unspecified atom stereocenters. The summed E-state index contributed by atoms with van der Waals surface area (Å²) in [5.74, 6) is -2.18. The average Bonchev–Trinajstić information content (AvgIpc) is 3.42. The fourth-order valence-corrected chi connectivity index (χ4v) is 7.70. The van der Waals surface area contributed by atoms with Crippen LogP contribution in [0.3, 0.4) is 0 Å². The molecule has 3 heterocycles. The zero-order chi connectivity index (χ0) is 28.4. The summed E-state index contributed by atoms with van der Waals surface area (Å²) in [7, 11) is 3.66. The van der Waals surface area contributed by atoms with E-state index in [2.05, 4.69) is 20.0 Å². The molecule has 0 aliphatic carbocycles. The lowest BCUT2D eigenvalue weighted by Crippen LogP contribution is -2.36. The Hall–Kier alpha value is -2.70. The molecular formula is C25H35FN7O4PS. The lowest BCUT2D eigenvalue weighted by Gasteiger charge is -2.29. The van der Waals surface area contributed by atoms with E-state index in [1.165, 1.54) is 0 Å². The topological polar surface area (TPSA) is 130 Å². The molecule has 1 aliphatic rings. The highest BCUT2D eigenvalue weighted by molar-refractivity contribution is 8.10. The molecule has 2 aromatic heterocycles. The normalized spacial score (nSPS) is 23.4. The second kappa shape index (κ2) is 11.8. The van der Waals surface area contributed by atoms with E-state index in [1.54, 1.807) is 29.6 Å². The van der Waals surface area contributed by atoms with Gasteiger partial charge in [-0.3, -0.25) is 14.4 Å². The maximum atomic E-state index is 16.2. The van der Waals surface area contributed by atoms with Gasteiger partial charge < -0.3 is 24.6 Å². The second-order valence-electron chi connectivity index (χ2n) is 9.89. The molecule has 0 amide bonds. The van der Waals surface area contributed by atoms with Crippen LogP contribution in [0, 0.1) is 5.92 Å².